The highest BCUT2D eigenvalue weighted by Gasteiger charge is 2.30. The van der Waals surface area contributed by atoms with E-state index in [1.54, 1.807) is 26.8 Å². The van der Waals surface area contributed by atoms with Crippen molar-refractivity contribution in [2.24, 2.45) is 0 Å². The van der Waals surface area contributed by atoms with Crippen molar-refractivity contribution in [3.05, 3.63) is 70.8 Å². The molecule has 0 bridgehead atoms. The fourth-order valence-electron chi connectivity index (χ4n) is 3.10. The van der Waals surface area contributed by atoms with Crippen LogP contribution in [0.1, 0.15) is 29.2 Å². The summed E-state index contributed by atoms with van der Waals surface area (Å²) in [6, 6.07) is 12.6. The summed E-state index contributed by atoms with van der Waals surface area (Å²) in [5, 5.41) is 0. The van der Waals surface area contributed by atoms with Gasteiger partial charge in [0.05, 0.1) is 10.9 Å². The maximum absolute atomic E-state index is 13.3. The average molecular weight is 372 g/mol. The third-order valence-electron chi connectivity index (χ3n) is 4.22. The van der Waals surface area contributed by atoms with E-state index in [0.717, 1.165) is 11.1 Å². The quantitative estimate of drug-likeness (QED) is 0.694. The summed E-state index contributed by atoms with van der Waals surface area (Å²) in [5.74, 6) is 0. The van der Waals surface area contributed by atoms with E-state index in [4.69, 9.17) is 0 Å². The van der Waals surface area contributed by atoms with Gasteiger partial charge in [0.25, 0.3) is 0 Å². The number of rotatable bonds is 7. The first-order chi connectivity index (χ1) is 12.3. The van der Waals surface area contributed by atoms with E-state index in [2.05, 4.69) is 0 Å². The van der Waals surface area contributed by atoms with E-state index in [1.807, 2.05) is 55.5 Å². The third-order valence-corrected chi connectivity index (χ3v) is 6.48. The summed E-state index contributed by atoms with van der Waals surface area (Å²) in [7, 11) is -3.79. The van der Waals surface area contributed by atoms with Gasteiger partial charge in [-0.2, -0.15) is 4.31 Å². The molecule has 2 rings (SSSR count). The lowest BCUT2D eigenvalue weighted by Gasteiger charge is -2.25. The molecule has 0 aliphatic rings. The van der Waals surface area contributed by atoms with E-state index in [0.29, 0.717) is 17.4 Å². The lowest BCUT2D eigenvalue weighted by molar-refractivity contribution is -0.110. The number of hydrogen-bond donors (Lipinski definition) is 0. The molecule has 0 radical (unpaired) electrons. The van der Waals surface area contributed by atoms with Crippen molar-refractivity contribution in [2.75, 3.05) is 6.54 Å². The van der Waals surface area contributed by atoms with Crippen molar-refractivity contribution in [3.63, 3.8) is 0 Å². The van der Waals surface area contributed by atoms with Gasteiger partial charge in [-0.25, -0.2) is 8.42 Å². The molecular weight excluding hydrogens is 346 g/mol. The zero-order valence-corrected chi connectivity index (χ0v) is 16.5. The molecule has 0 spiro atoms. The topological polar surface area (TPSA) is 54.5 Å². The number of hydrogen-bond acceptors (Lipinski definition) is 3. The Morgan fingerprint density at radius 3 is 2.15 bits per heavy atom. The third kappa shape index (κ3) is 4.48. The van der Waals surface area contributed by atoms with Crippen molar-refractivity contribution >= 4 is 22.4 Å². The summed E-state index contributed by atoms with van der Waals surface area (Å²) in [4.78, 5) is 11.6. The largest absolute Gasteiger partial charge is 0.302 e. The molecule has 2 aromatic carbocycles. The van der Waals surface area contributed by atoms with Gasteiger partial charge in [-0.05, 0) is 44.4 Å². The molecule has 0 N–H and O–H groups in total. The lowest BCUT2D eigenvalue weighted by Crippen LogP contribution is -2.40. The van der Waals surface area contributed by atoms with Gasteiger partial charge < -0.3 is 4.79 Å². The Morgan fingerprint density at radius 2 is 1.62 bits per heavy atom. The Bertz CT molecular complexity index is 879. The molecule has 0 saturated carbocycles. The van der Waals surface area contributed by atoms with E-state index < -0.39 is 16.1 Å². The highest BCUT2D eigenvalue weighted by atomic mass is 32.2. The zero-order chi connectivity index (χ0) is 19.3. The van der Waals surface area contributed by atoms with Crippen LogP contribution < -0.4 is 0 Å². The lowest BCUT2D eigenvalue weighted by atomic mass is 10.1. The smallest absolute Gasteiger partial charge is 0.244 e. The van der Waals surface area contributed by atoms with Crippen molar-refractivity contribution in [1.82, 2.24) is 4.31 Å². The molecule has 0 aliphatic heterocycles. The molecule has 4 nitrogen and oxygen atoms in total. The molecule has 0 aliphatic carbocycles. The number of carbonyl (C=O) groups is 1. The minimum atomic E-state index is -3.79. The number of nitrogens with zero attached hydrogens (tertiary/aromatic N) is 1. The Morgan fingerprint density at radius 1 is 1.04 bits per heavy atom. The van der Waals surface area contributed by atoms with Crippen molar-refractivity contribution < 1.29 is 13.2 Å². The molecule has 0 heterocycles. The first-order valence-electron chi connectivity index (χ1n) is 8.54. The normalized spacial score (nSPS) is 13.3. The second-order valence-electron chi connectivity index (χ2n) is 6.49. The maximum atomic E-state index is 13.3. The predicted molar refractivity (Wildman–Crippen MR) is 106 cm³/mol. The van der Waals surface area contributed by atoms with E-state index in [1.165, 1.54) is 4.31 Å². The summed E-state index contributed by atoms with van der Waals surface area (Å²) < 4.78 is 27.8. The number of benzene rings is 2. The fraction of sp³-hybridized carbons (Fsp3) is 0.286. The SMILES string of the molecule is Cc1cc(C)c(S(=O)(=O)N(C/C=C/c2ccccc2)[C@@H](C)C=O)c(C)c1. The molecule has 26 heavy (non-hydrogen) atoms. The monoisotopic (exact) mass is 371 g/mol. The summed E-state index contributed by atoms with van der Waals surface area (Å²) >= 11 is 0. The van der Waals surface area contributed by atoms with Crippen LogP contribution in [0.3, 0.4) is 0 Å². The maximum Gasteiger partial charge on any atom is 0.244 e. The van der Waals surface area contributed by atoms with Crippen LogP contribution >= 0.6 is 0 Å². The molecule has 2 aromatic rings. The molecule has 5 heteroatoms. The van der Waals surface area contributed by atoms with Gasteiger partial charge in [-0.3, -0.25) is 0 Å². The minimum Gasteiger partial charge on any atom is -0.302 e. The first-order valence-corrected chi connectivity index (χ1v) is 9.98. The molecule has 0 amide bonds. The second-order valence-corrected chi connectivity index (χ2v) is 8.32. The van der Waals surface area contributed by atoms with Gasteiger partial charge in [-0.1, -0.05) is 60.2 Å². The molecule has 0 aromatic heterocycles. The van der Waals surface area contributed by atoms with E-state index in [9.17, 15) is 13.2 Å². The van der Waals surface area contributed by atoms with Crippen LogP contribution in [0.2, 0.25) is 0 Å². The average Bonchev–Trinajstić information content (AvgIpc) is 2.57. The van der Waals surface area contributed by atoms with Crippen LogP contribution in [0, 0.1) is 20.8 Å². The summed E-state index contributed by atoms with van der Waals surface area (Å²) in [6.45, 7) is 7.24. The van der Waals surface area contributed by atoms with Crippen LogP contribution in [-0.4, -0.2) is 31.6 Å². The standard InChI is InChI=1S/C21H25NO3S/c1-16-13-17(2)21(18(3)14-16)26(24,25)22(19(4)15-23)12-8-11-20-9-6-5-7-10-20/h5-11,13-15,19H,12H2,1-4H3/b11-8+/t19-/m0/s1. The van der Waals surface area contributed by atoms with Gasteiger partial charge in [-0.15, -0.1) is 0 Å². The Balaban J connectivity index is 2.40. The van der Waals surface area contributed by atoms with Crippen LogP contribution in [-0.2, 0) is 14.8 Å². The first kappa shape index (κ1) is 20.1. The molecule has 0 saturated heterocycles. The van der Waals surface area contributed by atoms with Crippen molar-refractivity contribution in [1.29, 1.82) is 0 Å². The molecular formula is C21H25NO3S. The van der Waals surface area contributed by atoms with Gasteiger partial charge in [0, 0.05) is 6.54 Å². The van der Waals surface area contributed by atoms with Crippen LogP contribution in [0.4, 0.5) is 0 Å². The molecule has 0 unspecified atom stereocenters. The van der Waals surface area contributed by atoms with Crippen LogP contribution in [0.15, 0.2) is 53.4 Å². The Labute approximate surface area is 156 Å². The minimum absolute atomic E-state index is 0.129. The second kappa shape index (κ2) is 8.43. The number of aryl methyl sites for hydroxylation is 3. The highest BCUT2D eigenvalue weighted by molar-refractivity contribution is 7.89. The van der Waals surface area contributed by atoms with Gasteiger partial charge in [0.2, 0.25) is 10.0 Å². The summed E-state index contributed by atoms with van der Waals surface area (Å²) in [5.41, 5.74) is 3.37. The van der Waals surface area contributed by atoms with Gasteiger partial charge >= 0.3 is 0 Å². The predicted octanol–water partition coefficient (Wildman–Crippen LogP) is 3.90. The Kier molecular flexibility index (Phi) is 6.51. The van der Waals surface area contributed by atoms with Crippen LogP contribution in [0.5, 0.6) is 0 Å². The number of carbonyl (C=O) groups excluding carboxylic acids is 1. The summed E-state index contributed by atoms with van der Waals surface area (Å²) in [6.07, 6.45) is 4.29. The van der Waals surface area contributed by atoms with E-state index >= 15 is 0 Å². The number of sulfonamides is 1. The van der Waals surface area contributed by atoms with Crippen molar-refractivity contribution in [2.45, 2.75) is 38.6 Å². The zero-order valence-electron chi connectivity index (χ0n) is 15.6. The molecule has 138 valence electrons. The molecule has 1 atom stereocenters. The van der Waals surface area contributed by atoms with E-state index in [-0.39, 0.29) is 11.4 Å². The van der Waals surface area contributed by atoms with Crippen molar-refractivity contribution in [3.8, 4) is 0 Å². The van der Waals surface area contributed by atoms with Crippen LogP contribution in [0.25, 0.3) is 6.08 Å². The fourth-order valence-corrected chi connectivity index (χ4v) is 5.03. The molecule has 0 fully saturated rings. The Hall–Kier alpha value is -2.24. The van der Waals surface area contributed by atoms with Gasteiger partial charge in [0.15, 0.2) is 0 Å². The number of aldehydes is 1. The van der Waals surface area contributed by atoms with Gasteiger partial charge in [0.1, 0.15) is 6.29 Å². The highest BCUT2D eigenvalue weighted by Crippen LogP contribution is 2.26.